The van der Waals surface area contributed by atoms with Crippen molar-refractivity contribution in [1.29, 1.82) is 0 Å². The highest BCUT2D eigenvalue weighted by molar-refractivity contribution is 5.81. The van der Waals surface area contributed by atoms with Crippen LogP contribution >= 0.6 is 0 Å². The van der Waals surface area contributed by atoms with Crippen molar-refractivity contribution in [1.82, 2.24) is 15.4 Å². The van der Waals surface area contributed by atoms with Crippen molar-refractivity contribution in [3.05, 3.63) is 11.9 Å². The molecule has 4 heteroatoms. The maximum atomic E-state index is 11.5. The minimum absolute atomic E-state index is 0.137. The van der Waals surface area contributed by atoms with Gasteiger partial charge in [-0.15, -0.1) is 0 Å². The molecule has 0 bridgehead atoms. The molecule has 0 amide bonds. The number of carbonyl (C=O) groups is 1. The molecule has 1 aromatic heterocycles. The van der Waals surface area contributed by atoms with Crippen LogP contribution in [0.3, 0.4) is 0 Å². The van der Waals surface area contributed by atoms with Gasteiger partial charge in [0.15, 0.2) is 0 Å². The van der Waals surface area contributed by atoms with E-state index in [1.807, 2.05) is 13.8 Å². The molecule has 0 aliphatic rings. The number of H-pyrrole nitrogens is 1. The molecule has 1 N–H and O–H groups in total. The molecule has 1 aromatic rings. The molecule has 0 aromatic carbocycles. The Bertz CT molecular complexity index is 339. The van der Waals surface area contributed by atoms with E-state index in [1.54, 1.807) is 13.1 Å². The topological polar surface area (TPSA) is 58.6 Å². The first kappa shape index (κ1) is 11.9. The Labute approximate surface area is 90.5 Å². The van der Waals surface area contributed by atoms with Gasteiger partial charge in [0, 0.05) is 10.8 Å². The summed E-state index contributed by atoms with van der Waals surface area (Å²) in [4.78, 5) is 11.5. The Kier molecular flexibility index (Phi) is 2.98. The van der Waals surface area contributed by atoms with Crippen LogP contribution < -0.4 is 0 Å². The third-order valence-electron chi connectivity index (χ3n) is 2.95. The Balaban J connectivity index is 2.86. The summed E-state index contributed by atoms with van der Waals surface area (Å²) in [6.07, 6.45) is 2.48. The molecule has 0 aliphatic carbocycles. The second-order valence-corrected chi connectivity index (χ2v) is 5.36. The number of aromatic nitrogens is 3. The van der Waals surface area contributed by atoms with Crippen LogP contribution in [0.2, 0.25) is 0 Å². The van der Waals surface area contributed by atoms with Crippen molar-refractivity contribution in [2.75, 3.05) is 0 Å². The summed E-state index contributed by atoms with van der Waals surface area (Å²) in [5.74, 6) is 0.207. The van der Waals surface area contributed by atoms with E-state index < -0.39 is 0 Å². The molecular formula is C11H19N3O. The molecule has 0 saturated heterocycles. The molecule has 0 saturated carbocycles. The molecule has 1 rings (SSSR count). The fourth-order valence-corrected chi connectivity index (χ4v) is 1.85. The third kappa shape index (κ3) is 2.64. The summed E-state index contributed by atoms with van der Waals surface area (Å²) in [6, 6.07) is 0. The fraction of sp³-hybridized carbons (Fsp3) is 0.727. The first-order valence-corrected chi connectivity index (χ1v) is 5.13. The Morgan fingerprint density at radius 1 is 1.40 bits per heavy atom. The molecule has 1 heterocycles. The number of ketones is 1. The minimum Gasteiger partial charge on any atom is -0.299 e. The van der Waals surface area contributed by atoms with E-state index in [1.165, 1.54) is 0 Å². The maximum absolute atomic E-state index is 11.5. The SMILES string of the molecule is CC(=O)C(C)(C)CC(C)(C)c1cn[nH]n1. The Hall–Kier alpha value is -1.19. The summed E-state index contributed by atoms with van der Waals surface area (Å²) >= 11 is 0. The smallest absolute Gasteiger partial charge is 0.135 e. The third-order valence-corrected chi connectivity index (χ3v) is 2.95. The number of rotatable bonds is 4. The minimum atomic E-state index is -0.317. The lowest BCUT2D eigenvalue weighted by atomic mass is 9.72. The molecular weight excluding hydrogens is 190 g/mol. The largest absolute Gasteiger partial charge is 0.299 e. The van der Waals surface area contributed by atoms with Crippen LogP contribution in [0.5, 0.6) is 0 Å². The number of nitrogens with zero attached hydrogens (tertiary/aromatic N) is 2. The number of carbonyl (C=O) groups excluding carboxylic acids is 1. The van der Waals surface area contributed by atoms with E-state index in [2.05, 4.69) is 29.3 Å². The van der Waals surface area contributed by atoms with Gasteiger partial charge in [-0.25, -0.2) is 0 Å². The van der Waals surface area contributed by atoms with Gasteiger partial charge in [0.2, 0.25) is 0 Å². The van der Waals surface area contributed by atoms with Crippen molar-refractivity contribution in [2.24, 2.45) is 5.41 Å². The lowest BCUT2D eigenvalue weighted by Crippen LogP contribution is -2.31. The molecule has 0 atom stereocenters. The summed E-state index contributed by atoms with van der Waals surface area (Å²) in [7, 11) is 0. The van der Waals surface area contributed by atoms with Crippen LogP contribution in [0.25, 0.3) is 0 Å². The maximum Gasteiger partial charge on any atom is 0.135 e. The highest BCUT2D eigenvalue weighted by Gasteiger charge is 2.34. The van der Waals surface area contributed by atoms with E-state index in [0.29, 0.717) is 0 Å². The Morgan fingerprint density at radius 2 is 2.00 bits per heavy atom. The lowest BCUT2D eigenvalue weighted by molar-refractivity contribution is -0.125. The number of aromatic amines is 1. The predicted octanol–water partition coefficient (Wildman–Crippen LogP) is 2.09. The second kappa shape index (κ2) is 3.76. The van der Waals surface area contributed by atoms with Gasteiger partial charge in [-0.05, 0) is 13.3 Å². The second-order valence-electron chi connectivity index (χ2n) is 5.36. The molecule has 84 valence electrons. The van der Waals surface area contributed by atoms with Gasteiger partial charge >= 0.3 is 0 Å². The average molecular weight is 209 g/mol. The van der Waals surface area contributed by atoms with Crippen molar-refractivity contribution >= 4 is 5.78 Å². The van der Waals surface area contributed by atoms with Gasteiger partial charge in [0.05, 0.1) is 11.9 Å². The van der Waals surface area contributed by atoms with Gasteiger partial charge in [-0.3, -0.25) is 4.79 Å². The first-order valence-electron chi connectivity index (χ1n) is 5.13. The lowest BCUT2D eigenvalue weighted by Gasteiger charge is -2.31. The van der Waals surface area contributed by atoms with Gasteiger partial charge in [-0.1, -0.05) is 27.7 Å². The number of Topliss-reactive ketones (excluding diaryl/α,β-unsaturated/α-hetero) is 1. The van der Waals surface area contributed by atoms with E-state index in [9.17, 15) is 4.79 Å². The quantitative estimate of drug-likeness (QED) is 0.826. The van der Waals surface area contributed by atoms with Crippen molar-refractivity contribution in [3.63, 3.8) is 0 Å². The number of nitrogens with one attached hydrogen (secondary N) is 1. The van der Waals surface area contributed by atoms with Gasteiger partial charge in [0.25, 0.3) is 0 Å². The molecule has 0 radical (unpaired) electrons. The predicted molar refractivity (Wildman–Crippen MR) is 58.5 cm³/mol. The van der Waals surface area contributed by atoms with Gasteiger partial charge in [0.1, 0.15) is 5.78 Å². The van der Waals surface area contributed by atoms with Crippen LogP contribution in [-0.2, 0) is 10.2 Å². The molecule has 0 fully saturated rings. The van der Waals surface area contributed by atoms with Crippen molar-refractivity contribution in [3.8, 4) is 0 Å². The fourth-order valence-electron chi connectivity index (χ4n) is 1.85. The summed E-state index contributed by atoms with van der Waals surface area (Å²) < 4.78 is 0. The highest BCUT2D eigenvalue weighted by atomic mass is 16.1. The van der Waals surface area contributed by atoms with Crippen LogP contribution in [0.1, 0.15) is 46.7 Å². The average Bonchev–Trinajstić information content (AvgIpc) is 2.53. The molecule has 4 nitrogen and oxygen atoms in total. The summed E-state index contributed by atoms with van der Waals surface area (Å²) in [5, 5.41) is 10.5. The van der Waals surface area contributed by atoms with Gasteiger partial charge < -0.3 is 0 Å². The zero-order valence-electron chi connectivity index (χ0n) is 10.1. The van der Waals surface area contributed by atoms with E-state index in [4.69, 9.17) is 0 Å². The van der Waals surface area contributed by atoms with Crippen molar-refractivity contribution < 1.29 is 4.79 Å². The zero-order chi connectivity index (χ0) is 11.7. The molecule has 0 spiro atoms. The summed E-state index contributed by atoms with van der Waals surface area (Å²) in [6.45, 7) is 9.73. The number of hydrogen-bond acceptors (Lipinski definition) is 3. The van der Waals surface area contributed by atoms with E-state index in [0.717, 1.165) is 12.1 Å². The Morgan fingerprint density at radius 3 is 2.40 bits per heavy atom. The van der Waals surface area contributed by atoms with Crippen molar-refractivity contribution in [2.45, 2.75) is 46.5 Å². The van der Waals surface area contributed by atoms with E-state index in [-0.39, 0.29) is 16.6 Å². The normalized spacial score (nSPS) is 12.9. The summed E-state index contributed by atoms with van der Waals surface area (Å²) in [5.41, 5.74) is 0.446. The first-order chi connectivity index (χ1) is 6.76. The highest BCUT2D eigenvalue weighted by Crippen LogP contribution is 2.35. The molecule has 0 aliphatic heterocycles. The van der Waals surface area contributed by atoms with E-state index >= 15 is 0 Å². The monoisotopic (exact) mass is 209 g/mol. The van der Waals surface area contributed by atoms with Crippen LogP contribution in [0.15, 0.2) is 6.20 Å². The van der Waals surface area contributed by atoms with Gasteiger partial charge in [-0.2, -0.15) is 15.4 Å². The number of hydrogen-bond donors (Lipinski definition) is 1. The zero-order valence-corrected chi connectivity index (χ0v) is 10.1. The van der Waals surface area contributed by atoms with Crippen LogP contribution in [0.4, 0.5) is 0 Å². The molecule has 15 heavy (non-hydrogen) atoms. The molecule has 0 unspecified atom stereocenters. The standard InChI is InChI=1S/C11H19N3O/c1-8(15)10(2,3)7-11(4,5)9-6-12-14-13-9/h6H,7H2,1-5H3,(H,12,13,14). The van der Waals surface area contributed by atoms with Crippen LogP contribution in [0, 0.1) is 5.41 Å². The van der Waals surface area contributed by atoms with Crippen LogP contribution in [-0.4, -0.2) is 21.2 Å².